The van der Waals surface area contributed by atoms with Crippen molar-refractivity contribution in [2.45, 2.75) is 0 Å². The molecule has 2 aromatic heterocycles. The minimum Gasteiger partial charge on any atom is -0.384 e. The third kappa shape index (κ3) is 1.63. The predicted octanol–water partition coefficient (Wildman–Crippen LogP) is 2.22. The molecule has 4 nitrogen and oxygen atoms in total. The summed E-state index contributed by atoms with van der Waals surface area (Å²) in [7, 11) is 1.93. The number of anilines is 1. The van der Waals surface area contributed by atoms with Crippen LogP contribution in [0.25, 0.3) is 22.2 Å². The Morgan fingerprint density at radius 2 is 2.00 bits per heavy atom. The third-order valence-electron chi connectivity index (χ3n) is 2.83. The predicted molar refractivity (Wildman–Crippen MR) is 68.4 cm³/mol. The van der Waals surface area contributed by atoms with Crippen LogP contribution in [0.15, 0.2) is 42.6 Å². The highest BCUT2D eigenvalue weighted by molar-refractivity contribution is 5.84. The zero-order chi connectivity index (χ0) is 11.8. The van der Waals surface area contributed by atoms with E-state index in [0.29, 0.717) is 5.82 Å². The van der Waals surface area contributed by atoms with E-state index in [1.807, 2.05) is 42.1 Å². The summed E-state index contributed by atoms with van der Waals surface area (Å²) in [5.74, 6) is 0.547. The Kier molecular flexibility index (Phi) is 2.08. The number of aryl methyl sites for hydroxylation is 1. The topological polar surface area (TPSA) is 56.7 Å². The summed E-state index contributed by atoms with van der Waals surface area (Å²) in [6, 6.07) is 11.9. The maximum Gasteiger partial charge on any atom is 0.124 e. The van der Waals surface area contributed by atoms with Crippen LogP contribution in [0.5, 0.6) is 0 Å². The van der Waals surface area contributed by atoms with Crippen molar-refractivity contribution in [1.29, 1.82) is 0 Å². The van der Waals surface area contributed by atoms with Crippen LogP contribution >= 0.6 is 0 Å². The van der Waals surface area contributed by atoms with Crippen molar-refractivity contribution in [3.63, 3.8) is 0 Å². The SMILES string of the molecule is Cn1nccc1-c1ccc2nc(N)ccc2c1. The first kappa shape index (κ1) is 9.84. The lowest BCUT2D eigenvalue weighted by Gasteiger charge is -2.04. The molecular weight excluding hydrogens is 212 g/mol. The summed E-state index contributed by atoms with van der Waals surface area (Å²) in [6.07, 6.45) is 1.79. The summed E-state index contributed by atoms with van der Waals surface area (Å²) in [4.78, 5) is 4.28. The molecule has 0 unspecified atom stereocenters. The summed E-state index contributed by atoms with van der Waals surface area (Å²) in [5, 5.41) is 5.25. The molecule has 0 fully saturated rings. The van der Waals surface area contributed by atoms with Gasteiger partial charge in [0.1, 0.15) is 5.82 Å². The number of hydrogen-bond acceptors (Lipinski definition) is 3. The lowest BCUT2D eigenvalue weighted by atomic mass is 10.1. The van der Waals surface area contributed by atoms with Crippen LogP contribution in [0, 0.1) is 0 Å². The summed E-state index contributed by atoms with van der Waals surface area (Å²) >= 11 is 0. The zero-order valence-electron chi connectivity index (χ0n) is 9.46. The first-order valence-electron chi connectivity index (χ1n) is 5.39. The second-order valence-corrected chi connectivity index (χ2v) is 3.98. The van der Waals surface area contributed by atoms with Gasteiger partial charge >= 0.3 is 0 Å². The normalized spacial score (nSPS) is 10.9. The lowest BCUT2D eigenvalue weighted by molar-refractivity contribution is 0.776. The fourth-order valence-corrected chi connectivity index (χ4v) is 1.96. The summed E-state index contributed by atoms with van der Waals surface area (Å²) in [6.45, 7) is 0. The summed E-state index contributed by atoms with van der Waals surface area (Å²) < 4.78 is 1.85. The standard InChI is InChI=1S/C13H12N4/c1-17-12(6-7-15-17)10-2-4-11-9(8-10)3-5-13(14)16-11/h2-8H,1H3,(H2,14,16). The third-order valence-corrected chi connectivity index (χ3v) is 2.83. The van der Waals surface area contributed by atoms with E-state index in [9.17, 15) is 0 Å². The minimum atomic E-state index is 0.547. The van der Waals surface area contributed by atoms with Gasteiger partial charge in [-0.2, -0.15) is 5.10 Å². The Morgan fingerprint density at radius 3 is 2.76 bits per heavy atom. The molecule has 84 valence electrons. The van der Waals surface area contributed by atoms with Gasteiger partial charge < -0.3 is 5.73 Å². The number of nitrogens with zero attached hydrogens (tertiary/aromatic N) is 3. The van der Waals surface area contributed by atoms with E-state index in [0.717, 1.165) is 22.2 Å². The Labute approximate surface area is 98.7 Å². The Balaban J connectivity index is 2.20. The number of aromatic nitrogens is 3. The van der Waals surface area contributed by atoms with Crippen molar-refractivity contribution in [1.82, 2.24) is 14.8 Å². The van der Waals surface area contributed by atoms with Gasteiger partial charge in [-0.15, -0.1) is 0 Å². The Morgan fingerprint density at radius 1 is 1.12 bits per heavy atom. The molecule has 0 saturated heterocycles. The van der Waals surface area contributed by atoms with E-state index >= 15 is 0 Å². The zero-order valence-corrected chi connectivity index (χ0v) is 9.46. The van der Waals surface area contributed by atoms with Crippen LogP contribution in [0.1, 0.15) is 0 Å². The molecule has 0 amide bonds. The van der Waals surface area contributed by atoms with Crippen LogP contribution in [0.3, 0.4) is 0 Å². The minimum absolute atomic E-state index is 0.547. The molecule has 3 aromatic rings. The van der Waals surface area contributed by atoms with Gasteiger partial charge in [0.15, 0.2) is 0 Å². The highest BCUT2D eigenvalue weighted by Crippen LogP contribution is 2.23. The molecule has 0 aliphatic carbocycles. The second-order valence-electron chi connectivity index (χ2n) is 3.98. The molecule has 0 spiro atoms. The highest BCUT2D eigenvalue weighted by Gasteiger charge is 2.04. The van der Waals surface area contributed by atoms with Crippen molar-refractivity contribution in [3.05, 3.63) is 42.6 Å². The van der Waals surface area contributed by atoms with E-state index in [4.69, 9.17) is 5.73 Å². The number of rotatable bonds is 1. The van der Waals surface area contributed by atoms with Gasteiger partial charge in [0.25, 0.3) is 0 Å². The van der Waals surface area contributed by atoms with Crippen LogP contribution in [0.4, 0.5) is 5.82 Å². The molecule has 0 bridgehead atoms. The van der Waals surface area contributed by atoms with Crippen molar-refractivity contribution < 1.29 is 0 Å². The number of pyridine rings is 1. The monoisotopic (exact) mass is 224 g/mol. The van der Waals surface area contributed by atoms with Gasteiger partial charge in [-0.25, -0.2) is 4.98 Å². The average molecular weight is 224 g/mol. The van der Waals surface area contributed by atoms with Gasteiger partial charge in [-0.3, -0.25) is 4.68 Å². The van der Waals surface area contributed by atoms with Gasteiger partial charge in [-0.05, 0) is 30.3 Å². The van der Waals surface area contributed by atoms with Gasteiger partial charge in [0.05, 0.1) is 11.2 Å². The fraction of sp³-hybridized carbons (Fsp3) is 0.0769. The maximum absolute atomic E-state index is 5.66. The molecule has 0 saturated carbocycles. The van der Waals surface area contributed by atoms with Crippen molar-refractivity contribution >= 4 is 16.7 Å². The molecule has 1 aromatic carbocycles. The molecule has 0 aliphatic heterocycles. The number of benzene rings is 1. The molecule has 0 radical (unpaired) electrons. The van der Waals surface area contributed by atoms with E-state index in [1.165, 1.54) is 0 Å². The molecule has 0 aliphatic rings. The molecule has 2 N–H and O–H groups in total. The van der Waals surface area contributed by atoms with E-state index in [1.54, 1.807) is 6.20 Å². The highest BCUT2D eigenvalue weighted by atomic mass is 15.2. The van der Waals surface area contributed by atoms with Crippen LogP contribution in [0.2, 0.25) is 0 Å². The van der Waals surface area contributed by atoms with E-state index in [-0.39, 0.29) is 0 Å². The Bertz CT molecular complexity index is 685. The van der Waals surface area contributed by atoms with E-state index in [2.05, 4.69) is 16.1 Å². The van der Waals surface area contributed by atoms with Crippen LogP contribution in [-0.4, -0.2) is 14.8 Å². The largest absolute Gasteiger partial charge is 0.384 e. The number of hydrogen-bond donors (Lipinski definition) is 1. The molecule has 2 heterocycles. The number of nitrogen functional groups attached to an aromatic ring is 1. The first-order chi connectivity index (χ1) is 8.24. The maximum atomic E-state index is 5.66. The number of nitrogens with two attached hydrogens (primary N) is 1. The molecule has 3 rings (SSSR count). The van der Waals surface area contributed by atoms with Crippen molar-refractivity contribution in [2.75, 3.05) is 5.73 Å². The molecule has 17 heavy (non-hydrogen) atoms. The van der Waals surface area contributed by atoms with Gasteiger partial charge in [0, 0.05) is 24.2 Å². The van der Waals surface area contributed by atoms with Crippen LogP contribution in [-0.2, 0) is 7.05 Å². The van der Waals surface area contributed by atoms with Crippen LogP contribution < -0.4 is 5.73 Å². The Hall–Kier alpha value is -2.36. The second kappa shape index (κ2) is 3.59. The molecule has 0 atom stereocenters. The van der Waals surface area contributed by atoms with Crippen molar-refractivity contribution in [2.24, 2.45) is 7.05 Å². The smallest absolute Gasteiger partial charge is 0.124 e. The molecular formula is C13H12N4. The van der Waals surface area contributed by atoms with Crippen molar-refractivity contribution in [3.8, 4) is 11.3 Å². The first-order valence-corrected chi connectivity index (χ1v) is 5.39. The van der Waals surface area contributed by atoms with E-state index < -0.39 is 0 Å². The quantitative estimate of drug-likeness (QED) is 0.689. The fourth-order valence-electron chi connectivity index (χ4n) is 1.96. The summed E-state index contributed by atoms with van der Waals surface area (Å²) in [5.41, 5.74) is 8.78. The van der Waals surface area contributed by atoms with Gasteiger partial charge in [-0.1, -0.05) is 6.07 Å². The molecule has 4 heteroatoms. The number of fused-ring (bicyclic) bond motifs is 1. The lowest BCUT2D eigenvalue weighted by Crippen LogP contribution is -1.94. The van der Waals surface area contributed by atoms with Gasteiger partial charge in [0.2, 0.25) is 0 Å². The average Bonchev–Trinajstić information content (AvgIpc) is 2.75.